The first kappa shape index (κ1) is 19.0. The van der Waals surface area contributed by atoms with Crippen molar-refractivity contribution in [3.8, 4) is 0 Å². The molecule has 8 heteroatoms. The zero-order valence-electron chi connectivity index (χ0n) is 9.24. The summed E-state index contributed by atoms with van der Waals surface area (Å²) in [6, 6.07) is 2.41. The summed E-state index contributed by atoms with van der Waals surface area (Å²) in [6.07, 6.45) is 1.27. The van der Waals surface area contributed by atoms with Crippen LogP contribution in [0.4, 0.5) is 0 Å². The molecular formula is C9H16Cl2N2O3S. The summed E-state index contributed by atoms with van der Waals surface area (Å²) >= 11 is 0. The first-order valence-electron chi connectivity index (χ1n) is 4.56. The largest absolute Gasteiger partial charge is 0.394 e. The van der Waals surface area contributed by atoms with E-state index in [1.165, 1.54) is 18.3 Å². The molecule has 1 atom stereocenters. The second-order valence-electron chi connectivity index (χ2n) is 3.11. The van der Waals surface area contributed by atoms with Crippen LogP contribution in [-0.2, 0) is 9.84 Å². The zero-order valence-corrected chi connectivity index (χ0v) is 11.7. The van der Waals surface area contributed by atoms with Crippen molar-refractivity contribution >= 4 is 34.7 Å². The van der Waals surface area contributed by atoms with Gasteiger partial charge in [0.1, 0.15) is 0 Å². The molecule has 0 saturated carbocycles. The van der Waals surface area contributed by atoms with Gasteiger partial charge in [-0.3, -0.25) is 4.98 Å². The molecule has 17 heavy (non-hydrogen) atoms. The van der Waals surface area contributed by atoms with E-state index in [1.807, 2.05) is 0 Å². The number of rotatable bonds is 4. The molecule has 0 fully saturated rings. The van der Waals surface area contributed by atoms with Gasteiger partial charge < -0.3 is 10.8 Å². The van der Waals surface area contributed by atoms with Crippen LogP contribution in [0.3, 0.4) is 0 Å². The number of aliphatic hydroxyl groups excluding tert-OH is 1. The summed E-state index contributed by atoms with van der Waals surface area (Å²) in [5.41, 5.74) is 6.00. The molecule has 1 aromatic rings. The second kappa shape index (κ2) is 7.84. The molecule has 0 aliphatic rings. The number of aromatic nitrogens is 1. The zero-order chi connectivity index (χ0) is 11.5. The topological polar surface area (TPSA) is 93.3 Å². The molecule has 1 rings (SSSR count). The number of sulfone groups is 1. The van der Waals surface area contributed by atoms with E-state index in [2.05, 4.69) is 4.98 Å². The van der Waals surface area contributed by atoms with Gasteiger partial charge in [-0.1, -0.05) is 6.92 Å². The molecule has 1 heterocycles. The lowest BCUT2D eigenvalue weighted by molar-refractivity contribution is 0.266. The molecule has 0 amide bonds. The van der Waals surface area contributed by atoms with Crippen LogP contribution in [0.5, 0.6) is 0 Å². The lowest BCUT2D eigenvalue weighted by atomic mass is 10.2. The van der Waals surface area contributed by atoms with Gasteiger partial charge in [0.15, 0.2) is 9.84 Å². The predicted octanol–water partition coefficient (Wildman–Crippen LogP) is 0.711. The maximum absolute atomic E-state index is 11.4. The Balaban J connectivity index is 0. The standard InChI is InChI=1S/C9H14N2O3S.2ClH/c1-2-15(13,14)7-3-4-9(11-5-7)8(10)6-12;;/h3-5,8,12H,2,6,10H2,1H3;2*1H/t8-;;/m0../s1. The van der Waals surface area contributed by atoms with Crippen molar-refractivity contribution in [3.05, 3.63) is 24.0 Å². The van der Waals surface area contributed by atoms with Crippen molar-refractivity contribution in [2.24, 2.45) is 5.73 Å². The number of halogens is 2. The van der Waals surface area contributed by atoms with Crippen molar-refractivity contribution in [1.29, 1.82) is 0 Å². The maximum Gasteiger partial charge on any atom is 0.179 e. The number of hydrogen-bond donors (Lipinski definition) is 2. The average Bonchev–Trinajstić information content (AvgIpc) is 2.28. The third-order valence-corrected chi connectivity index (χ3v) is 3.79. The fraction of sp³-hybridized carbons (Fsp3) is 0.444. The molecule has 0 bridgehead atoms. The highest BCUT2D eigenvalue weighted by atomic mass is 35.5. The molecule has 0 spiro atoms. The summed E-state index contributed by atoms with van der Waals surface area (Å²) in [7, 11) is -3.21. The van der Waals surface area contributed by atoms with Crippen LogP contribution in [0.1, 0.15) is 18.7 Å². The normalized spacial score (nSPS) is 12.2. The van der Waals surface area contributed by atoms with E-state index in [9.17, 15) is 8.42 Å². The first-order chi connectivity index (χ1) is 7.01. The van der Waals surface area contributed by atoms with Crippen molar-refractivity contribution in [2.45, 2.75) is 17.9 Å². The molecule has 3 N–H and O–H groups in total. The summed E-state index contributed by atoms with van der Waals surface area (Å²) in [6.45, 7) is 1.36. The lowest BCUT2D eigenvalue weighted by Gasteiger charge is -2.07. The minimum absolute atomic E-state index is 0. The number of nitrogens with two attached hydrogens (primary N) is 1. The number of nitrogens with zero attached hydrogens (tertiary/aromatic N) is 1. The Morgan fingerprint density at radius 1 is 1.41 bits per heavy atom. The van der Waals surface area contributed by atoms with Crippen molar-refractivity contribution < 1.29 is 13.5 Å². The van der Waals surface area contributed by atoms with E-state index in [-0.39, 0.29) is 42.1 Å². The van der Waals surface area contributed by atoms with E-state index in [0.717, 1.165) is 0 Å². The molecule has 1 aromatic heterocycles. The highest BCUT2D eigenvalue weighted by Gasteiger charge is 2.13. The average molecular weight is 303 g/mol. The van der Waals surface area contributed by atoms with Crippen LogP contribution in [0, 0.1) is 0 Å². The van der Waals surface area contributed by atoms with Crippen molar-refractivity contribution in [2.75, 3.05) is 12.4 Å². The Kier molecular flexibility index (Phi) is 8.74. The quantitative estimate of drug-likeness (QED) is 0.854. The minimum atomic E-state index is -3.21. The minimum Gasteiger partial charge on any atom is -0.394 e. The van der Waals surface area contributed by atoms with Gasteiger partial charge in [0, 0.05) is 6.20 Å². The molecule has 0 aromatic carbocycles. The van der Waals surface area contributed by atoms with Gasteiger partial charge in [0.2, 0.25) is 0 Å². The van der Waals surface area contributed by atoms with Crippen LogP contribution in [-0.4, -0.2) is 30.9 Å². The predicted molar refractivity (Wildman–Crippen MR) is 70.5 cm³/mol. The fourth-order valence-electron chi connectivity index (χ4n) is 1.06. The summed E-state index contributed by atoms with van der Waals surface area (Å²) in [4.78, 5) is 4.08. The van der Waals surface area contributed by atoms with E-state index >= 15 is 0 Å². The van der Waals surface area contributed by atoms with Crippen LogP contribution in [0.15, 0.2) is 23.2 Å². The summed E-state index contributed by atoms with van der Waals surface area (Å²) in [5.74, 6) is 0.0417. The summed E-state index contributed by atoms with van der Waals surface area (Å²) in [5, 5.41) is 8.78. The fourth-order valence-corrected chi connectivity index (χ4v) is 1.88. The van der Waals surface area contributed by atoms with Gasteiger partial charge in [-0.05, 0) is 12.1 Å². The first-order valence-corrected chi connectivity index (χ1v) is 6.21. The number of aliphatic hydroxyl groups is 1. The SMILES string of the molecule is CCS(=O)(=O)c1ccc([C@@H](N)CO)nc1.Cl.Cl. The Morgan fingerprint density at radius 2 is 2.00 bits per heavy atom. The van der Waals surface area contributed by atoms with Gasteiger partial charge in [-0.25, -0.2) is 8.42 Å². The van der Waals surface area contributed by atoms with Crippen LogP contribution >= 0.6 is 24.8 Å². The molecule has 100 valence electrons. The maximum atomic E-state index is 11.4. The third-order valence-electron chi connectivity index (χ3n) is 2.07. The molecular weight excluding hydrogens is 287 g/mol. The molecule has 0 radical (unpaired) electrons. The number of pyridine rings is 1. The molecule has 0 unspecified atom stereocenters. The molecule has 5 nitrogen and oxygen atoms in total. The molecule has 0 saturated heterocycles. The highest BCUT2D eigenvalue weighted by Crippen LogP contribution is 2.12. The van der Waals surface area contributed by atoms with E-state index in [0.29, 0.717) is 5.69 Å². The van der Waals surface area contributed by atoms with Crippen LogP contribution < -0.4 is 5.73 Å². The van der Waals surface area contributed by atoms with Gasteiger partial charge in [0.25, 0.3) is 0 Å². The lowest BCUT2D eigenvalue weighted by Crippen LogP contribution is -2.16. The molecule has 0 aliphatic carbocycles. The van der Waals surface area contributed by atoms with E-state index < -0.39 is 15.9 Å². The Bertz CT molecular complexity index is 422. The number of hydrogen-bond acceptors (Lipinski definition) is 5. The van der Waals surface area contributed by atoms with Gasteiger partial charge in [-0.15, -0.1) is 24.8 Å². The monoisotopic (exact) mass is 302 g/mol. The molecule has 0 aliphatic heterocycles. The van der Waals surface area contributed by atoms with Crippen LogP contribution in [0.2, 0.25) is 0 Å². The van der Waals surface area contributed by atoms with Crippen molar-refractivity contribution in [1.82, 2.24) is 4.98 Å². The Labute approximate surface area is 113 Å². The smallest absolute Gasteiger partial charge is 0.179 e. The van der Waals surface area contributed by atoms with E-state index in [1.54, 1.807) is 6.92 Å². The van der Waals surface area contributed by atoms with Crippen molar-refractivity contribution in [3.63, 3.8) is 0 Å². The third kappa shape index (κ3) is 4.77. The van der Waals surface area contributed by atoms with E-state index in [4.69, 9.17) is 10.8 Å². The Hall–Kier alpha value is -0.400. The summed E-state index contributed by atoms with van der Waals surface area (Å²) < 4.78 is 22.9. The second-order valence-corrected chi connectivity index (χ2v) is 5.39. The van der Waals surface area contributed by atoms with Gasteiger partial charge in [0.05, 0.1) is 29.0 Å². The Morgan fingerprint density at radius 3 is 2.35 bits per heavy atom. The highest BCUT2D eigenvalue weighted by molar-refractivity contribution is 7.91. The van der Waals surface area contributed by atoms with Crippen LogP contribution in [0.25, 0.3) is 0 Å². The van der Waals surface area contributed by atoms with Gasteiger partial charge in [-0.2, -0.15) is 0 Å². The van der Waals surface area contributed by atoms with Gasteiger partial charge >= 0.3 is 0 Å².